The van der Waals surface area contributed by atoms with Crippen LogP contribution in [0.15, 0.2) is 0 Å². The zero-order valence-electron chi connectivity index (χ0n) is 10.9. The first-order valence-corrected chi connectivity index (χ1v) is 6.96. The molecule has 2 heterocycles. The summed E-state index contributed by atoms with van der Waals surface area (Å²) in [5.74, 6) is -0.0537. The smallest absolute Gasteiger partial charge is 0.236 e. The van der Waals surface area contributed by atoms with E-state index in [2.05, 4.69) is 4.90 Å². The Balaban J connectivity index is 1.75. The van der Waals surface area contributed by atoms with Gasteiger partial charge in [0.1, 0.15) is 0 Å². The van der Waals surface area contributed by atoms with Gasteiger partial charge in [0, 0.05) is 19.0 Å². The van der Waals surface area contributed by atoms with Crippen LogP contribution < -0.4 is 5.73 Å². The third kappa shape index (κ3) is 3.45. The van der Waals surface area contributed by atoms with Crippen LogP contribution in [0.25, 0.3) is 0 Å². The third-order valence-corrected chi connectivity index (χ3v) is 4.06. The lowest BCUT2D eigenvalue weighted by atomic mass is 9.96. The first kappa shape index (κ1) is 13.3. The second-order valence-corrected chi connectivity index (χ2v) is 5.39. The number of nitrogens with two attached hydrogens (primary N) is 1. The first-order valence-electron chi connectivity index (χ1n) is 6.96. The molecule has 5 nitrogen and oxygen atoms in total. The second kappa shape index (κ2) is 6.18. The van der Waals surface area contributed by atoms with Gasteiger partial charge in [-0.1, -0.05) is 6.42 Å². The molecule has 2 rings (SSSR count). The topological polar surface area (TPSA) is 66.6 Å². The van der Waals surface area contributed by atoms with E-state index in [4.69, 9.17) is 5.73 Å². The van der Waals surface area contributed by atoms with Gasteiger partial charge in [-0.3, -0.25) is 14.5 Å². The highest BCUT2D eigenvalue weighted by atomic mass is 16.2. The minimum Gasteiger partial charge on any atom is -0.369 e. The normalized spacial score (nSPS) is 23.0. The van der Waals surface area contributed by atoms with E-state index in [9.17, 15) is 9.59 Å². The zero-order chi connectivity index (χ0) is 13.0. The van der Waals surface area contributed by atoms with E-state index < -0.39 is 0 Å². The minimum atomic E-state index is -0.224. The van der Waals surface area contributed by atoms with Crippen molar-refractivity contribution < 1.29 is 9.59 Å². The van der Waals surface area contributed by atoms with Crippen molar-refractivity contribution in [2.45, 2.75) is 32.1 Å². The lowest BCUT2D eigenvalue weighted by molar-refractivity contribution is -0.136. The number of amides is 2. The van der Waals surface area contributed by atoms with Gasteiger partial charge in [-0.15, -0.1) is 0 Å². The van der Waals surface area contributed by atoms with Crippen LogP contribution >= 0.6 is 0 Å². The molecule has 0 aromatic carbocycles. The van der Waals surface area contributed by atoms with Gasteiger partial charge in [-0.2, -0.15) is 0 Å². The number of nitrogens with zero attached hydrogens (tertiary/aromatic N) is 2. The van der Waals surface area contributed by atoms with Crippen LogP contribution in [0, 0.1) is 5.92 Å². The summed E-state index contributed by atoms with van der Waals surface area (Å²) < 4.78 is 0. The fraction of sp³-hybridized carbons (Fsp3) is 0.846. The Bertz CT molecular complexity index is 305. The molecule has 2 N–H and O–H groups in total. The summed E-state index contributed by atoms with van der Waals surface area (Å²) in [6, 6.07) is 0. The Kier molecular flexibility index (Phi) is 4.58. The molecule has 2 fully saturated rings. The minimum absolute atomic E-state index is 0.0379. The largest absolute Gasteiger partial charge is 0.369 e. The van der Waals surface area contributed by atoms with Crippen LogP contribution in [0.2, 0.25) is 0 Å². The van der Waals surface area contributed by atoms with Gasteiger partial charge in [-0.25, -0.2) is 0 Å². The highest BCUT2D eigenvalue weighted by molar-refractivity contribution is 5.80. The van der Waals surface area contributed by atoms with E-state index in [0.717, 1.165) is 25.9 Å². The first-order chi connectivity index (χ1) is 8.66. The summed E-state index contributed by atoms with van der Waals surface area (Å²) in [6.07, 6.45) is 5.14. The molecule has 0 radical (unpaired) electrons. The monoisotopic (exact) mass is 253 g/mol. The standard InChI is InChI=1S/C13H23N3O2/c14-13(18)11-4-8-16(9-5-11)12(17)10-15-6-2-1-3-7-15/h11H,1-10H2,(H2,14,18). The van der Waals surface area contributed by atoms with Crippen molar-refractivity contribution in [2.24, 2.45) is 11.7 Å². The molecular weight excluding hydrogens is 230 g/mol. The molecule has 2 saturated heterocycles. The van der Waals surface area contributed by atoms with Crippen molar-refractivity contribution in [1.82, 2.24) is 9.80 Å². The lowest BCUT2D eigenvalue weighted by Crippen LogP contribution is -2.46. The van der Waals surface area contributed by atoms with Crippen molar-refractivity contribution in [3.63, 3.8) is 0 Å². The van der Waals surface area contributed by atoms with E-state index in [1.807, 2.05) is 4.90 Å². The van der Waals surface area contributed by atoms with Crippen LogP contribution in [-0.2, 0) is 9.59 Å². The summed E-state index contributed by atoms with van der Waals surface area (Å²) in [5, 5.41) is 0. The van der Waals surface area contributed by atoms with Gasteiger partial charge in [0.25, 0.3) is 0 Å². The average molecular weight is 253 g/mol. The molecular formula is C13H23N3O2. The highest BCUT2D eigenvalue weighted by Gasteiger charge is 2.26. The maximum atomic E-state index is 12.1. The van der Waals surface area contributed by atoms with Crippen LogP contribution in [0.5, 0.6) is 0 Å². The zero-order valence-corrected chi connectivity index (χ0v) is 10.9. The van der Waals surface area contributed by atoms with Gasteiger partial charge < -0.3 is 10.6 Å². The fourth-order valence-corrected chi connectivity index (χ4v) is 2.82. The molecule has 0 atom stereocenters. The molecule has 0 spiro atoms. The fourth-order valence-electron chi connectivity index (χ4n) is 2.82. The van der Waals surface area contributed by atoms with E-state index in [1.165, 1.54) is 19.3 Å². The quantitative estimate of drug-likeness (QED) is 0.781. The Morgan fingerprint density at radius 3 is 2.17 bits per heavy atom. The highest BCUT2D eigenvalue weighted by Crippen LogP contribution is 2.17. The number of piperidine rings is 2. The molecule has 2 aliphatic heterocycles. The van der Waals surface area contributed by atoms with Crippen LogP contribution in [0.4, 0.5) is 0 Å². The predicted octanol–water partition coefficient (Wildman–Crippen LogP) is 0.196. The van der Waals surface area contributed by atoms with Crippen molar-refractivity contribution in [1.29, 1.82) is 0 Å². The summed E-state index contributed by atoms with van der Waals surface area (Å²) in [4.78, 5) is 27.3. The molecule has 0 aromatic heterocycles. The molecule has 0 aromatic rings. The molecule has 2 amide bonds. The van der Waals surface area contributed by atoms with Gasteiger partial charge in [0.15, 0.2) is 0 Å². The van der Waals surface area contributed by atoms with Crippen molar-refractivity contribution >= 4 is 11.8 Å². The van der Waals surface area contributed by atoms with Crippen molar-refractivity contribution in [3.05, 3.63) is 0 Å². The van der Waals surface area contributed by atoms with Gasteiger partial charge in [0.2, 0.25) is 11.8 Å². The lowest BCUT2D eigenvalue weighted by Gasteiger charge is -2.33. The van der Waals surface area contributed by atoms with Crippen molar-refractivity contribution in [3.8, 4) is 0 Å². The molecule has 0 bridgehead atoms. The number of carbonyl (C=O) groups is 2. The number of rotatable bonds is 3. The van der Waals surface area contributed by atoms with E-state index in [-0.39, 0.29) is 17.7 Å². The Morgan fingerprint density at radius 2 is 1.61 bits per heavy atom. The molecule has 0 unspecified atom stereocenters. The molecule has 5 heteroatoms. The molecule has 0 aliphatic carbocycles. The van der Waals surface area contributed by atoms with Crippen molar-refractivity contribution in [2.75, 3.05) is 32.7 Å². The Morgan fingerprint density at radius 1 is 1.00 bits per heavy atom. The summed E-state index contributed by atoms with van der Waals surface area (Å²) in [7, 11) is 0. The molecule has 102 valence electrons. The average Bonchev–Trinajstić information content (AvgIpc) is 2.40. The Hall–Kier alpha value is -1.10. The molecule has 18 heavy (non-hydrogen) atoms. The molecule has 0 saturated carbocycles. The van der Waals surface area contributed by atoms with Gasteiger partial charge >= 0.3 is 0 Å². The van der Waals surface area contributed by atoms with E-state index >= 15 is 0 Å². The summed E-state index contributed by atoms with van der Waals surface area (Å²) in [5.41, 5.74) is 5.29. The second-order valence-electron chi connectivity index (χ2n) is 5.39. The van der Waals surface area contributed by atoms with Crippen LogP contribution in [0.3, 0.4) is 0 Å². The third-order valence-electron chi connectivity index (χ3n) is 4.06. The number of carbonyl (C=O) groups excluding carboxylic acids is 2. The maximum absolute atomic E-state index is 12.1. The van der Waals surface area contributed by atoms with E-state index in [0.29, 0.717) is 19.6 Å². The van der Waals surface area contributed by atoms with Crippen LogP contribution in [0.1, 0.15) is 32.1 Å². The maximum Gasteiger partial charge on any atom is 0.236 e. The van der Waals surface area contributed by atoms with E-state index in [1.54, 1.807) is 0 Å². The summed E-state index contributed by atoms with van der Waals surface area (Å²) >= 11 is 0. The number of likely N-dealkylation sites (tertiary alicyclic amines) is 2. The number of hydrogen-bond donors (Lipinski definition) is 1. The summed E-state index contributed by atoms with van der Waals surface area (Å²) in [6.45, 7) is 3.99. The Labute approximate surface area is 108 Å². The SMILES string of the molecule is NC(=O)C1CCN(C(=O)CN2CCCCC2)CC1. The van der Waals surface area contributed by atoms with Gasteiger partial charge in [-0.05, 0) is 38.8 Å². The molecule has 2 aliphatic rings. The predicted molar refractivity (Wildman–Crippen MR) is 68.8 cm³/mol. The number of primary amides is 1. The van der Waals surface area contributed by atoms with Crippen LogP contribution in [-0.4, -0.2) is 54.3 Å². The van der Waals surface area contributed by atoms with Gasteiger partial charge in [0.05, 0.1) is 6.54 Å². The number of hydrogen-bond acceptors (Lipinski definition) is 3.